The highest BCUT2D eigenvalue weighted by Crippen LogP contribution is 2.32. The Morgan fingerprint density at radius 1 is 1.07 bits per heavy atom. The van der Waals surface area contributed by atoms with Crippen LogP contribution in [-0.4, -0.2) is 18.5 Å². The average molecular weight is 422 g/mol. The fraction of sp³-hybridized carbons (Fsp3) is 0.250. The van der Waals surface area contributed by atoms with Gasteiger partial charge in [-0.1, -0.05) is 42.5 Å². The molecular weight excluding hydrogens is 398 g/mol. The number of benzene rings is 2. The molecule has 1 heterocycles. The maximum Gasteiger partial charge on any atom is 0.349 e. The van der Waals surface area contributed by atoms with Gasteiger partial charge in [0.25, 0.3) is 5.91 Å². The smallest absolute Gasteiger partial charge is 0.349 e. The second kappa shape index (κ2) is 9.13. The van der Waals surface area contributed by atoms with Crippen LogP contribution < -0.4 is 10.1 Å². The fourth-order valence-corrected chi connectivity index (χ4v) is 4.68. The van der Waals surface area contributed by atoms with Crippen molar-refractivity contribution >= 4 is 28.9 Å². The zero-order valence-corrected chi connectivity index (χ0v) is 17.5. The van der Waals surface area contributed by atoms with E-state index in [4.69, 9.17) is 9.47 Å². The molecule has 1 aromatic heterocycles. The first-order valence-corrected chi connectivity index (χ1v) is 10.9. The monoisotopic (exact) mass is 421 g/mol. The number of carbonyl (C=O) groups excluding carboxylic acids is 2. The standard InChI is InChI=1S/C24H23NO4S/c1-2-28-19-13-7-6-12-18(19)25-23(26)22(16-9-4-3-5-10-16)29-24(27)21-15-17-11-8-14-20(17)30-21/h3-7,9-10,12-13,15,22H,2,8,11,14H2,1H3,(H,25,26). The number of hydrogen-bond donors (Lipinski definition) is 1. The van der Waals surface area contributed by atoms with Crippen LogP contribution >= 0.6 is 11.3 Å². The largest absolute Gasteiger partial charge is 0.492 e. The van der Waals surface area contributed by atoms with Crippen molar-refractivity contribution in [2.24, 2.45) is 0 Å². The Kier molecular flexibility index (Phi) is 6.14. The molecule has 1 amide bonds. The lowest BCUT2D eigenvalue weighted by Crippen LogP contribution is -2.26. The number of esters is 1. The van der Waals surface area contributed by atoms with Gasteiger partial charge in [-0.2, -0.15) is 0 Å². The van der Waals surface area contributed by atoms with Gasteiger partial charge in [-0.05, 0) is 49.9 Å². The Morgan fingerprint density at radius 2 is 1.83 bits per heavy atom. The van der Waals surface area contributed by atoms with E-state index < -0.39 is 18.0 Å². The Morgan fingerprint density at radius 3 is 2.60 bits per heavy atom. The van der Waals surface area contributed by atoms with Crippen LogP contribution in [-0.2, 0) is 22.4 Å². The van der Waals surface area contributed by atoms with E-state index in [1.54, 1.807) is 24.3 Å². The number of para-hydroxylation sites is 2. The van der Waals surface area contributed by atoms with Gasteiger partial charge in [-0.3, -0.25) is 4.79 Å². The van der Waals surface area contributed by atoms with Crippen molar-refractivity contribution in [1.82, 2.24) is 0 Å². The average Bonchev–Trinajstić information content (AvgIpc) is 3.36. The van der Waals surface area contributed by atoms with Crippen molar-refractivity contribution in [3.63, 3.8) is 0 Å². The second-order valence-electron chi connectivity index (χ2n) is 7.03. The van der Waals surface area contributed by atoms with Gasteiger partial charge in [0.05, 0.1) is 12.3 Å². The molecule has 1 unspecified atom stereocenters. The van der Waals surface area contributed by atoms with E-state index in [2.05, 4.69) is 5.32 Å². The lowest BCUT2D eigenvalue weighted by atomic mass is 10.1. The molecule has 6 heteroatoms. The summed E-state index contributed by atoms with van der Waals surface area (Å²) in [6, 6.07) is 18.1. The number of aryl methyl sites for hydroxylation is 2. The molecule has 0 radical (unpaired) electrons. The van der Waals surface area contributed by atoms with Crippen LogP contribution in [0.4, 0.5) is 5.69 Å². The third-order valence-electron chi connectivity index (χ3n) is 4.96. The third-order valence-corrected chi connectivity index (χ3v) is 6.18. The Hall–Kier alpha value is -3.12. The summed E-state index contributed by atoms with van der Waals surface area (Å²) in [5.74, 6) is -0.330. The van der Waals surface area contributed by atoms with E-state index >= 15 is 0 Å². The summed E-state index contributed by atoms with van der Waals surface area (Å²) < 4.78 is 11.3. The van der Waals surface area contributed by atoms with Gasteiger partial charge in [0.2, 0.25) is 6.10 Å². The number of anilines is 1. The second-order valence-corrected chi connectivity index (χ2v) is 8.16. The number of nitrogens with one attached hydrogen (secondary N) is 1. The van der Waals surface area contributed by atoms with Crippen molar-refractivity contribution < 1.29 is 19.1 Å². The van der Waals surface area contributed by atoms with Gasteiger partial charge < -0.3 is 14.8 Å². The van der Waals surface area contributed by atoms with Crippen molar-refractivity contribution in [2.75, 3.05) is 11.9 Å². The molecule has 4 rings (SSSR count). The highest BCUT2D eigenvalue weighted by Gasteiger charge is 2.28. The van der Waals surface area contributed by atoms with Gasteiger partial charge in [-0.15, -0.1) is 11.3 Å². The minimum Gasteiger partial charge on any atom is -0.492 e. The number of amides is 1. The topological polar surface area (TPSA) is 64.6 Å². The van der Waals surface area contributed by atoms with Gasteiger partial charge in [0, 0.05) is 10.4 Å². The number of fused-ring (bicyclic) bond motifs is 1. The molecule has 1 atom stereocenters. The molecule has 0 saturated carbocycles. The summed E-state index contributed by atoms with van der Waals surface area (Å²) in [5, 5.41) is 2.85. The van der Waals surface area contributed by atoms with E-state index in [0.29, 0.717) is 28.5 Å². The normalized spacial score (nSPS) is 13.4. The zero-order chi connectivity index (χ0) is 20.9. The molecule has 30 heavy (non-hydrogen) atoms. The first kappa shape index (κ1) is 20.2. The van der Waals surface area contributed by atoms with Crippen LogP contribution in [0.3, 0.4) is 0 Å². The zero-order valence-electron chi connectivity index (χ0n) is 16.7. The van der Waals surface area contributed by atoms with Crippen LogP contribution in [0.1, 0.15) is 45.1 Å². The lowest BCUT2D eigenvalue weighted by molar-refractivity contribution is -0.125. The summed E-state index contributed by atoms with van der Waals surface area (Å²) in [7, 11) is 0. The first-order chi connectivity index (χ1) is 14.7. The van der Waals surface area contributed by atoms with E-state index in [1.807, 2.05) is 43.3 Å². The Labute approximate surface area is 179 Å². The van der Waals surface area contributed by atoms with E-state index in [1.165, 1.54) is 21.8 Å². The number of rotatable bonds is 7. The maximum atomic E-state index is 13.1. The quantitative estimate of drug-likeness (QED) is 0.535. The summed E-state index contributed by atoms with van der Waals surface area (Å²) in [6.07, 6.45) is 2.07. The summed E-state index contributed by atoms with van der Waals surface area (Å²) in [4.78, 5) is 27.8. The first-order valence-electron chi connectivity index (χ1n) is 10.1. The van der Waals surface area contributed by atoms with Gasteiger partial charge in [-0.25, -0.2) is 4.79 Å². The van der Waals surface area contributed by atoms with E-state index in [0.717, 1.165) is 19.3 Å². The fourth-order valence-electron chi connectivity index (χ4n) is 3.55. The highest BCUT2D eigenvalue weighted by atomic mass is 32.1. The predicted octanol–water partition coefficient (Wildman–Crippen LogP) is 5.17. The van der Waals surface area contributed by atoms with E-state index in [9.17, 15) is 9.59 Å². The van der Waals surface area contributed by atoms with Crippen LogP contribution in [0, 0.1) is 0 Å². The molecule has 1 aliphatic rings. The molecule has 5 nitrogen and oxygen atoms in total. The number of thiophene rings is 1. The number of hydrogen-bond acceptors (Lipinski definition) is 5. The van der Waals surface area contributed by atoms with Crippen LogP contribution in [0.25, 0.3) is 0 Å². The van der Waals surface area contributed by atoms with E-state index in [-0.39, 0.29) is 0 Å². The molecule has 0 fully saturated rings. The summed E-state index contributed by atoms with van der Waals surface area (Å²) in [6.45, 7) is 2.36. The third kappa shape index (κ3) is 4.39. The van der Waals surface area contributed by atoms with Gasteiger partial charge in [0.1, 0.15) is 10.6 Å². The summed E-state index contributed by atoms with van der Waals surface area (Å²) in [5.41, 5.74) is 2.37. The van der Waals surface area contributed by atoms with Crippen LogP contribution in [0.5, 0.6) is 5.75 Å². The number of ether oxygens (including phenoxy) is 2. The molecule has 0 spiro atoms. The van der Waals surface area contributed by atoms with Crippen molar-refractivity contribution in [3.05, 3.63) is 81.5 Å². The Bertz CT molecular complexity index is 1020. The molecule has 0 aliphatic heterocycles. The van der Waals surface area contributed by atoms with Gasteiger partial charge in [0.15, 0.2) is 0 Å². The minimum absolute atomic E-state index is 0.425. The molecule has 1 N–H and O–H groups in total. The van der Waals surface area contributed by atoms with Crippen molar-refractivity contribution in [3.8, 4) is 5.75 Å². The molecule has 1 aliphatic carbocycles. The SMILES string of the molecule is CCOc1ccccc1NC(=O)C(OC(=O)c1cc2c(s1)CCC2)c1ccccc1. The molecule has 3 aromatic rings. The maximum absolute atomic E-state index is 13.1. The molecule has 0 bridgehead atoms. The van der Waals surface area contributed by atoms with Crippen LogP contribution in [0.15, 0.2) is 60.7 Å². The molecule has 2 aromatic carbocycles. The highest BCUT2D eigenvalue weighted by molar-refractivity contribution is 7.14. The molecule has 154 valence electrons. The lowest BCUT2D eigenvalue weighted by Gasteiger charge is -2.19. The van der Waals surface area contributed by atoms with Gasteiger partial charge >= 0.3 is 5.97 Å². The predicted molar refractivity (Wildman–Crippen MR) is 117 cm³/mol. The molecule has 0 saturated heterocycles. The van der Waals surface area contributed by atoms with Crippen molar-refractivity contribution in [2.45, 2.75) is 32.3 Å². The Balaban J connectivity index is 1.57. The van der Waals surface area contributed by atoms with Crippen LogP contribution in [0.2, 0.25) is 0 Å². The number of carbonyl (C=O) groups is 2. The molecular formula is C24H23NO4S. The summed E-state index contributed by atoms with van der Waals surface area (Å²) >= 11 is 1.47. The van der Waals surface area contributed by atoms with Crippen molar-refractivity contribution in [1.29, 1.82) is 0 Å². The minimum atomic E-state index is -1.06.